The molecule has 0 spiro atoms. The smallest absolute Gasteiger partial charge is 0.0854 e. The maximum Gasteiger partial charge on any atom is 0.0854 e. The summed E-state index contributed by atoms with van der Waals surface area (Å²) in [5, 5.41) is 9.07. The third-order valence-electron chi connectivity index (χ3n) is 2.92. The highest BCUT2D eigenvalue weighted by molar-refractivity contribution is 5.37. The molecule has 0 fully saturated rings. The van der Waals surface area contributed by atoms with Gasteiger partial charge in [-0.2, -0.15) is 0 Å². The Morgan fingerprint density at radius 2 is 2.00 bits per heavy atom. The van der Waals surface area contributed by atoms with Crippen molar-refractivity contribution in [1.29, 1.82) is 0 Å². The van der Waals surface area contributed by atoms with E-state index in [1.807, 2.05) is 0 Å². The molecule has 0 aliphatic heterocycles. The van der Waals surface area contributed by atoms with Gasteiger partial charge in [0.2, 0.25) is 0 Å². The summed E-state index contributed by atoms with van der Waals surface area (Å²) in [6, 6.07) is 4.45. The van der Waals surface area contributed by atoms with Gasteiger partial charge in [-0.1, -0.05) is 25.6 Å². The van der Waals surface area contributed by atoms with E-state index in [0.29, 0.717) is 6.42 Å². The molecule has 1 heteroatoms. The molecule has 1 aromatic carbocycles. The summed E-state index contributed by atoms with van der Waals surface area (Å²) < 4.78 is 0. The molecule has 0 aliphatic rings. The van der Waals surface area contributed by atoms with Gasteiger partial charge in [-0.05, 0) is 48.9 Å². The van der Waals surface area contributed by atoms with Crippen LogP contribution in [-0.2, 0) is 12.8 Å². The quantitative estimate of drug-likeness (QED) is 0.738. The number of hydrogen-bond acceptors (Lipinski definition) is 1. The molecule has 0 saturated heterocycles. The van der Waals surface area contributed by atoms with Crippen molar-refractivity contribution in [3.05, 3.63) is 46.7 Å². The van der Waals surface area contributed by atoms with E-state index in [4.69, 9.17) is 5.11 Å². The van der Waals surface area contributed by atoms with Crippen molar-refractivity contribution in [3.8, 4) is 0 Å². The third kappa shape index (κ3) is 3.12. The zero-order chi connectivity index (χ0) is 11.4. The summed E-state index contributed by atoms with van der Waals surface area (Å²) >= 11 is 0. The Balaban J connectivity index is 2.90. The Morgan fingerprint density at radius 1 is 1.33 bits per heavy atom. The second-order valence-electron chi connectivity index (χ2n) is 4.12. The van der Waals surface area contributed by atoms with E-state index in [1.165, 1.54) is 22.3 Å². The SMILES string of the molecule is C=C(O)CCc1cc(C)c(C)c(CC)c1. The largest absolute Gasteiger partial charge is 0.513 e. The Morgan fingerprint density at radius 3 is 2.53 bits per heavy atom. The van der Waals surface area contributed by atoms with Crippen LogP contribution >= 0.6 is 0 Å². The fourth-order valence-corrected chi connectivity index (χ4v) is 1.81. The zero-order valence-corrected chi connectivity index (χ0v) is 9.93. The minimum Gasteiger partial charge on any atom is -0.513 e. The molecule has 0 unspecified atom stereocenters. The first-order valence-corrected chi connectivity index (χ1v) is 5.50. The van der Waals surface area contributed by atoms with Gasteiger partial charge in [0.25, 0.3) is 0 Å². The molecule has 0 amide bonds. The number of allylic oxidation sites excluding steroid dienone is 1. The van der Waals surface area contributed by atoms with Crippen molar-refractivity contribution >= 4 is 0 Å². The molecule has 1 aromatic rings. The molecule has 0 aliphatic carbocycles. The van der Waals surface area contributed by atoms with E-state index < -0.39 is 0 Å². The summed E-state index contributed by atoms with van der Waals surface area (Å²) in [7, 11) is 0. The normalized spacial score (nSPS) is 10.3. The van der Waals surface area contributed by atoms with Crippen LogP contribution in [0.1, 0.15) is 35.6 Å². The standard InChI is InChI=1S/C14H20O/c1-5-14-9-13(7-6-11(3)15)8-10(2)12(14)4/h8-9,15H,3,5-7H2,1-2,4H3. The molecule has 1 N–H and O–H groups in total. The van der Waals surface area contributed by atoms with Crippen molar-refractivity contribution in [2.24, 2.45) is 0 Å². The van der Waals surface area contributed by atoms with Crippen molar-refractivity contribution in [2.45, 2.75) is 40.0 Å². The maximum absolute atomic E-state index is 9.07. The molecule has 15 heavy (non-hydrogen) atoms. The van der Waals surface area contributed by atoms with Crippen molar-refractivity contribution < 1.29 is 5.11 Å². The number of benzene rings is 1. The van der Waals surface area contributed by atoms with Gasteiger partial charge in [-0.3, -0.25) is 0 Å². The first kappa shape index (κ1) is 11.8. The van der Waals surface area contributed by atoms with Crippen LogP contribution < -0.4 is 0 Å². The van der Waals surface area contributed by atoms with Gasteiger partial charge in [0.15, 0.2) is 0 Å². The first-order chi connectivity index (χ1) is 7.04. The average molecular weight is 204 g/mol. The van der Waals surface area contributed by atoms with Gasteiger partial charge in [-0.25, -0.2) is 0 Å². The van der Waals surface area contributed by atoms with Crippen molar-refractivity contribution in [1.82, 2.24) is 0 Å². The van der Waals surface area contributed by atoms with Gasteiger partial charge in [-0.15, -0.1) is 0 Å². The molecule has 0 saturated carbocycles. The number of aliphatic hydroxyl groups is 1. The number of rotatable bonds is 4. The van der Waals surface area contributed by atoms with Crippen LogP contribution in [0.2, 0.25) is 0 Å². The van der Waals surface area contributed by atoms with Crippen LogP contribution in [0.4, 0.5) is 0 Å². The van der Waals surface area contributed by atoms with Crippen LogP contribution in [0, 0.1) is 13.8 Å². The Bertz CT molecular complexity index is 364. The highest BCUT2D eigenvalue weighted by atomic mass is 16.3. The highest BCUT2D eigenvalue weighted by Crippen LogP contribution is 2.18. The maximum atomic E-state index is 9.07. The lowest BCUT2D eigenvalue weighted by atomic mass is 9.96. The molecular formula is C14H20O. The zero-order valence-electron chi connectivity index (χ0n) is 9.93. The minimum absolute atomic E-state index is 0.270. The Hall–Kier alpha value is -1.24. The van der Waals surface area contributed by atoms with Crippen molar-refractivity contribution in [2.75, 3.05) is 0 Å². The van der Waals surface area contributed by atoms with Gasteiger partial charge in [0, 0.05) is 6.42 Å². The van der Waals surface area contributed by atoms with E-state index in [1.54, 1.807) is 0 Å². The van der Waals surface area contributed by atoms with Gasteiger partial charge in [0.05, 0.1) is 5.76 Å². The molecular weight excluding hydrogens is 184 g/mol. The molecule has 1 nitrogen and oxygen atoms in total. The second kappa shape index (κ2) is 5.01. The number of aryl methyl sites for hydroxylation is 3. The lowest BCUT2D eigenvalue weighted by Gasteiger charge is -2.10. The Labute approximate surface area is 92.5 Å². The predicted molar refractivity (Wildman–Crippen MR) is 65.4 cm³/mol. The summed E-state index contributed by atoms with van der Waals surface area (Å²) in [5.41, 5.74) is 5.44. The molecule has 0 radical (unpaired) electrons. The Kier molecular flexibility index (Phi) is 3.96. The summed E-state index contributed by atoms with van der Waals surface area (Å²) in [6.45, 7) is 10.00. The number of hydrogen-bond donors (Lipinski definition) is 1. The van der Waals surface area contributed by atoms with E-state index >= 15 is 0 Å². The van der Waals surface area contributed by atoms with E-state index in [2.05, 4.69) is 39.5 Å². The molecule has 0 bridgehead atoms. The van der Waals surface area contributed by atoms with Gasteiger partial charge in [0.1, 0.15) is 0 Å². The van der Waals surface area contributed by atoms with E-state index in [0.717, 1.165) is 12.8 Å². The van der Waals surface area contributed by atoms with E-state index in [9.17, 15) is 0 Å². The van der Waals surface area contributed by atoms with Gasteiger partial charge >= 0.3 is 0 Å². The third-order valence-corrected chi connectivity index (χ3v) is 2.92. The fourth-order valence-electron chi connectivity index (χ4n) is 1.81. The second-order valence-corrected chi connectivity index (χ2v) is 4.12. The monoisotopic (exact) mass is 204 g/mol. The van der Waals surface area contributed by atoms with Gasteiger partial charge < -0.3 is 5.11 Å². The fraction of sp³-hybridized carbons (Fsp3) is 0.429. The lowest BCUT2D eigenvalue weighted by Crippen LogP contribution is -1.95. The summed E-state index contributed by atoms with van der Waals surface area (Å²) in [6.07, 6.45) is 2.61. The topological polar surface area (TPSA) is 20.2 Å². The predicted octanol–water partition coefficient (Wildman–Crippen LogP) is 3.87. The first-order valence-electron chi connectivity index (χ1n) is 5.50. The molecule has 0 aromatic heterocycles. The van der Waals surface area contributed by atoms with Crippen LogP contribution in [0.5, 0.6) is 0 Å². The van der Waals surface area contributed by atoms with Crippen LogP contribution in [0.3, 0.4) is 0 Å². The summed E-state index contributed by atoms with van der Waals surface area (Å²) in [4.78, 5) is 0. The van der Waals surface area contributed by atoms with E-state index in [-0.39, 0.29) is 5.76 Å². The van der Waals surface area contributed by atoms with Crippen molar-refractivity contribution in [3.63, 3.8) is 0 Å². The average Bonchev–Trinajstić information content (AvgIpc) is 2.19. The minimum atomic E-state index is 0.270. The highest BCUT2D eigenvalue weighted by Gasteiger charge is 2.03. The summed E-state index contributed by atoms with van der Waals surface area (Å²) in [5.74, 6) is 0.270. The molecule has 0 heterocycles. The van der Waals surface area contributed by atoms with Crippen LogP contribution in [0.25, 0.3) is 0 Å². The molecule has 1 rings (SSSR count). The van der Waals surface area contributed by atoms with Crippen LogP contribution in [0.15, 0.2) is 24.5 Å². The van der Waals surface area contributed by atoms with Crippen LogP contribution in [-0.4, -0.2) is 5.11 Å². The molecule has 0 atom stereocenters. The molecule has 82 valence electrons. The number of aliphatic hydroxyl groups excluding tert-OH is 1. The lowest BCUT2D eigenvalue weighted by molar-refractivity contribution is 0.391.